The Bertz CT molecular complexity index is 1470. The van der Waals surface area contributed by atoms with Crippen molar-refractivity contribution >= 4 is 39.1 Å². The van der Waals surface area contributed by atoms with Crippen molar-refractivity contribution in [1.82, 2.24) is 10.2 Å². The third-order valence-electron chi connectivity index (χ3n) is 7.80. The van der Waals surface area contributed by atoms with E-state index in [0.29, 0.717) is 16.3 Å². The first-order valence-electron chi connectivity index (χ1n) is 14.0. The van der Waals surface area contributed by atoms with E-state index in [4.69, 9.17) is 11.6 Å². The fourth-order valence-corrected chi connectivity index (χ4v) is 6.43. The van der Waals surface area contributed by atoms with Gasteiger partial charge in [-0.1, -0.05) is 85.1 Å². The standard InChI is InChI=1S/C32H38ClN3O4S/c1-23-12-11-19-29(24(23)2)36(41(3,39)40)22-31(37)35(21-26-15-7-10-18-28(26)33)30(20-25-13-5-4-6-14-25)32(38)34-27-16-8-9-17-27/h4-7,10-15,18-19,27,30H,8-9,16-17,20-22H2,1-3H3,(H,34,38)/t30-/m1/s1. The molecule has 0 heterocycles. The molecule has 4 rings (SSSR count). The third-order valence-corrected chi connectivity index (χ3v) is 9.29. The van der Waals surface area contributed by atoms with E-state index in [-0.39, 0.29) is 24.9 Å². The second-order valence-electron chi connectivity index (χ2n) is 10.8. The van der Waals surface area contributed by atoms with E-state index in [1.54, 1.807) is 24.3 Å². The zero-order valence-corrected chi connectivity index (χ0v) is 25.4. The minimum absolute atomic E-state index is 0.0541. The number of sulfonamides is 1. The maximum atomic E-state index is 14.3. The van der Waals surface area contributed by atoms with Crippen LogP contribution in [0.15, 0.2) is 72.8 Å². The second kappa shape index (κ2) is 13.5. The molecule has 0 radical (unpaired) electrons. The average Bonchev–Trinajstić information content (AvgIpc) is 3.45. The van der Waals surface area contributed by atoms with Crippen molar-refractivity contribution in [3.05, 3.63) is 100 Å². The van der Waals surface area contributed by atoms with Gasteiger partial charge in [-0.3, -0.25) is 13.9 Å². The molecule has 0 bridgehead atoms. The summed E-state index contributed by atoms with van der Waals surface area (Å²) < 4.78 is 27.2. The molecule has 218 valence electrons. The summed E-state index contributed by atoms with van der Waals surface area (Å²) in [5.74, 6) is -0.738. The van der Waals surface area contributed by atoms with Crippen LogP contribution < -0.4 is 9.62 Å². The van der Waals surface area contributed by atoms with Gasteiger partial charge in [-0.25, -0.2) is 8.42 Å². The number of aryl methyl sites for hydroxylation is 1. The number of carbonyl (C=O) groups is 2. The molecule has 2 amide bonds. The van der Waals surface area contributed by atoms with Gasteiger partial charge in [0.1, 0.15) is 12.6 Å². The molecule has 9 heteroatoms. The van der Waals surface area contributed by atoms with Crippen LogP contribution in [0.4, 0.5) is 5.69 Å². The predicted molar refractivity (Wildman–Crippen MR) is 164 cm³/mol. The number of benzene rings is 3. The van der Waals surface area contributed by atoms with Crippen LogP contribution in [0.1, 0.15) is 47.9 Å². The fourth-order valence-electron chi connectivity index (χ4n) is 5.33. The van der Waals surface area contributed by atoms with Crippen LogP contribution in [-0.4, -0.2) is 50.0 Å². The maximum absolute atomic E-state index is 14.3. The van der Waals surface area contributed by atoms with Gasteiger partial charge in [0.25, 0.3) is 0 Å². The Hall–Kier alpha value is -3.36. The van der Waals surface area contributed by atoms with Crippen LogP contribution >= 0.6 is 11.6 Å². The quantitative estimate of drug-likeness (QED) is 0.321. The Morgan fingerprint density at radius 2 is 1.61 bits per heavy atom. The van der Waals surface area contributed by atoms with Gasteiger partial charge >= 0.3 is 0 Å². The van der Waals surface area contributed by atoms with E-state index in [1.807, 2.05) is 62.4 Å². The number of nitrogens with zero attached hydrogens (tertiary/aromatic N) is 2. The Labute approximate surface area is 248 Å². The lowest BCUT2D eigenvalue weighted by Gasteiger charge is -2.34. The van der Waals surface area contributed by atoms with E-state index >= 15 is 0 Å². The van der Waals surface area contributed by atoms with Crippen molar-refractivity contribution in [2.75, 3.05) is 17.1 Å². The lowest BCUT2D eigenvalue weighted by Crippen LogP contribution is -2.54. The minimum Gasteiger partial charge on any atom is -0.352 e. The highest BCUT2D eigenvalue weighted by atomic mass is 35.5. The van der Waals surface area contributed by atoms with Gasteiger partial charge in [0, 0.05) is 24.0 Å². The molecule has 1 saturated carbocycles. The molecule has 0 aliphatic heterocycles. The van der Waals surface area contributed by atoms with Crippen molar-refractivity contribution in [2.45, 2.75) is 64.6 Å². The number of halogens is 1. The fraction of sp³-hybridized carbons (Fsp3) is 0.375. The van der Waals surface area contributed by atoms with Crippen LogP contribution in [0.25, 0.3) is 0 Å². The van der Waals surface area contributed by atoms with Crippen LogP contribution in [0.3, 0.4) is 0 Å². The normalized spacial score (nSPS) is 14.4. The number of hydrogen-bond donors (Lipinski definition) is 1. The summed E-state index contributed by atoms with van der Waals surface area (Å²) in [4.78, 5) is 29.6. The summed E-state index contributed by atoms with van der Waals surface area (Å²) >= 11 is 6.52. The molecule has 0 spiro atoms. The largest absolute Gasteiger partial charge is 0.352 e. The molecule has 0 aromatic heterocycles. The van der Waals surface area contributed by atoms with Crippen molar-refractivity contribution < 1.29 is 18.0 Å². The van der Waals surface area contributed by atoms with Crippen molar-refractivity contribution in [2.24, 2.45) is 0 Å². The first-order valence-corrected chi connectivity index (χ1v) is 16.2. The number of anilines is 1. The summed E-state index contributed by atoms with van der Waals surface area (Å²) in [7, 11) is -3.83. The number of hydrogen-bond acceptors (Lipinski definition) is 4. The van der Waals surface area contributed by atoms with Gasteiger partial charge in [0.05, 0.1) is 11.9 Å². The highest BCUT2D eigenvalue weighted by molar-refractivity contribution is 7.92. The highest BCUT2D eigenvalue weighted by Crippen LogP contribution is 2.27. The van der Waals surface area contributed by atoms with Gasteiger partial charge in [-0.15, -0.1) is 0 Å². The number of amides is 2. The molecule has 1 aliphatic rings. The lowest BCUT2D eigenvalue weighted by molar-refractivity contribution is -0.140. The summed E-state index contributed by atoms with van der Waals surface area (Å²) in [5, 5.41) is 3.64. The Morgan fingerprint density at radius 3 is 2.27 bits per heavy atom. The first kappa shape index (κ1) is 30.6. The Balaban J connectivity index is 1.75. The molecule has 1 atom stereocenters. The monoisotopic (exact) mass is 595 g/mol. The molecular formula is C32H38ClN3O4S. The minimum atomic E-state index is -3.83. The average molecular weight is 596 g/mol. The Morgan fingerprint density at radius 1 is 0.951 bits per heavy atom. The molecule has 3 aromatic carbocycles. The van der Waals surface area contributed by atoms with Gasteiger partial charge in [0.15, 0.2) is 0 Å². The third kappa shape index (κ3) is 7.89. The molecule has 3 aromatic rings. The van der Waals surface area contributed by atoms with Crippen LogP contribution in [0.2, 0.25) is 5.02 Å². The summed E-state index contributed by atoms with van der Waals surface area (Å²) in [6.07, 6.45) is 5.27. The van der Waals surface area contributed by atoms with Gasteiger partial charge < -0.3 is 10.2 Å². The molecule has 1 aliphatic carbocycles. The molecule has 0 saturated heterocycles. The predicted octanol–water partition coefficient (Wildman–Crippen LogP) is 5.42. The Kier molecular flexibility index (Phi) is 10.1. The van der Waals surface area contributed by atoms with Crippen molar-refractivity contribution in [1.29, 1.82) is 0 Å². The first-order chi connectivity index (χ1) is 19.5. The molecule has 0 unspecified atom stereocenters. The molecule has 1 N–H and O–H groups in total. The van der Waals surface area contributed by atoms with Crippen LogP contribution in [-0.2, 0) is 32.6 Å². The summed E-state index contributed by atoms with van der Waals surface area (Å²) in [6.45, 7) is 3.34. The zero-order chi connectivity index (χ0) is 29.6. The van der Waals surface area contributed by atoms with Gasteiger partial charge in [-0.2, -0.15) is 0 Å². The van der Waals surface area contributed by atoms with Crippen molar-refractivity contribution in [3.8, 4) is 0 Å². The highest BCUT2D eigenvalue weighted by Gasteiger charge is 2.34. The van der Waals surface area contributed by atoms with E-state index in [0.717, 1.165) is 52.9 Å². The molecule has 1 fully saturated rings. The smallest absolute Gasteiger partial charge is 0.244 e. The van der Waals surface area contributed by atoms with E-state index in [9.17, 15) is 18.0 Å². The van der Waals surface area contributed by atoms with Gasteiger partial charge in [-0.05, 0) is 61.1 Å². The van der Waals surface area contributed by atoms with E-state index < -0.39 is 28.5 Å². The van der Waals surface area contributed by atoms with Crippen LogP contribution in [0.5, 0.6) is 0 Å². The molecule has 41 heavy (non-hydrogen) atoms. The number of nitrogens with one attached hydrogen (secondary N) is 1. The topological polar surface area (TPSA) is 86.8 Å². The van der Waals surface area contributed by atoms with E-state index in [2.05, 4.69) is 5.32 Å². The number of rotatable bonds is 11. The summed E-state index contributed by atoms with van der Waals surface area (Å²) in [6, 6.07) is 21.3. The molecular weight excluding hydrogens is 558 g/mol. The summed E-state index contributed by atoms with van der Waals surface area (Å²) in [5.41, 5.74) is 3.68. The number of carbonyl (C=O) groups excluding carboxylic acids is 2. The van der Waals surface area contributed by atoms with Gasteiger partial charge in [0.2, 0.25) is 21.8 Å². The second-order valence-corrected chi connectivity index (χ2v) is 13.1. The maximum Gasteiger partial charge on any atom is 0.244 e. The van der Waals surface area contributed by atoms with Crippen LogP contribution in [0, 0.1) is 13.8 Å². The lowest BCUT2D eigenvalue weighted by atomic mass is 10.0. The van der Waals surface area contributed by atoms with Crippen molar-refractivity contribution in [3.63, 3.8) is 0 Å². The molecule has 7 nitrogen and oxygen atoms in total. The SMILES string of the molecule is Cc1cccc(N(CC(=O)N(Cc2ccccc2Cl)[C@H](Cc2ccccc2)C(=O)NC2CCCC2)S(C)(=O)=O)c1C. The zero-order valence-electron chi connectivity index (χ0n) is 23.8. The van der Waals surface area contributed by atoms with E-state index in [1.165, 1.54) is 4.90 Å².